The number of hydrogen-bond donors (Lipinski definition) is 0. The third-order valence-electron chi connectivity index (χ3n) is 1.88. The Kier molecular flexibility index (Phi) is 1.96. The third-order valence-corrected chi connectivity index (χ3v) is 3.07. The third kappa shape index (κ3) is 1.41. The van der Waals surface area contributed by atoms with Gasteiger partial charge in [0, 0.05) is 11.6 Å². The topological polar surface area (TPSA) is 0 Å². The van der Waals surface area contributed by atoms with Crippen LogP contribution in [0.15, 0.2) is 47.2 Å². The molecule has 0 radical (unpaired) electrons. The Morgan fingerprint density at radius 2 is 1.67 bits per heavy atom. The summed E-state index contributed by atoms with van der Waals surface area (Å²) in [5.41, 5.74) is 2.69. The molecule has 0 aliphatic carbocycles. The molecule has 0 saturated carbocycles. The van der Waals surface area contributed by atoms with Crippen LogP contribution in [0.1, 0.15) is 0 Å². The largest absolute Gasteiger partial charge is 0.145 e. The average molecular weight is 175 g/mol. The molecule has 1 heteroatoms. The van der Waals surface area contributed by atoms with Gasteiger partial charge in [0.15, 0.2) is 0 Å². The van der Waals surface area contributed by atoms with Crippen LogP contribution in [0, 0.1) is 0 Å². The van der Waals surface area contributed by atoms with Gasteiger partial charge < -0.3 is 0 Å². The van der Waals surface area contributed by atoms with E-state index in [9.17, 15) is 0 Å². The molecule has 0 spiro atoms. The van der Waals surface area contributed by atoms with Crippen molar-refractivity contribution in [3.63, 3.8) is 0 Å². The lowest BCUT2D eigenvalue weighted by molar-refractivity contribution is 1.68. The molecule has 0 bridgehead atoms. The van der Waals surface area contributed by atoms with Crippen LogP contribution in [0.5, 0.6) is 0 Å². The summed E-state index contributed by atoms with van der Waals surface area (Å²) in [6, 6.07) is 12.7. The fraction of sp³-hybridized carbons (Fsp3) is 0.0909. The van der Waals surface area contributed by atoms with Crippen molar-refractivity contribution in [2.45, 2.75) is 0 Å². The molecule has 0 N–H and O–H groups in total. The molecule has 0 nitrogen and oxygen atoms in total. The summed E-state index contributed by atoms with van der Waals surface area (Å²) < 4.78 is 0. The molecule has 0 amide bonds. The van der Waals surface area contributed by atoms with Gasteiger partial charge in [-0.25, -0.2) is 0 Å². The highest BCUT2D eigenvalue weighted by Gasteiger charge is 2.02. The van der Waals surface area contributed by atoms with Crippen molar-refractivity contribution >= 4 is 10.5 Å². The number of thiophene rings is 1. The number of hydrogen-bond acceptors (Lipinski definition) is 0. The van der Waals surface area contributed by atoms with E-state index in [1.807, 2.05) is 0 Å². The van der Waals surface area contributed by atoms with E-state index in [0.29, 0.717) is 10.5 Å². The minimum Gasteiger partial charge on any atom is -0.0622 e. The second kappa shape index (κ2) is 3.11. The van der Waals surface area contributed by atoms with Gasteiger partial charge in [0.25, 0.3) is 0 Å². The van der Waals surface area contributed by atoms with Crippen LogP contribution in [0.2, 0.25) is 0 Å². The molecule has 12 heavy (non-hydrogen) atoms. The minimum atomic E-state index is 0.354. The Morgan fingerprint density at radius 1 is 0.917 bits per heavy atom. The second-order valence-electron chi connectivity index (χ2n) is 2.85. The highest BCUT2D eigenvalue weighted by atomic mass is 32.2. The fourth-order valence-electron chi connectivity index (χ4n) is 1.25. The second-order valence-corrected chi connectivity index (χ2v) is 4.57. The maximum atomic E-state index is 2.31. The first-order valence-corrected chi connectivity index (χ1v) is 5.71. The summed E-state index contributed by atoms with van der Waals surface area (Å²) >= 11 is 0. The average Bonchev–Trinajstić information content (AvgIpc) is 2.54. The smallest absolute Gasteiger partial charge is 0.0622 e. The Labute approximate surface area is 75.5 Å². The van der Waals surface area contributed by atoms with Crippen LogP contribution < -0.4 is 0 Å². The van der Waals surface area contributed by atoms with Crippen LogP contribution in [0.3, 0.4) is 0 Å². The van der Waals surface area contributed by atoms with E-state index in [2.05, 4.69) is 53.4 Å². The lowest BCUT2D eigenvalue weighted by Gasteiger charge is -1.91. The zero-order chi connectivity index (χ0) is 8.39. The molecule has 0 aliphatic heterocycles. The van der Waals surface area contributed by atoms with Gasteiger partial charge in [0.2, 0.25) is 0 Å². The molecule has 2 aromatic rings. The molecule has 0 fully saturated rings. The van der Waals surface area contributed by atoms with Gasteiger partial charge in [-0.15, -0.1) is 0 Å². The van der Waals surface area contributed by atoms with Crippen molar-refractivity contribution in [2.24, 2.45) is 6.26 Å². The van der Waals surface area contributed by atoms with Crippen LogP contribution in [0.25, 0.3) is 11.1 Å². The summed E-state index contributed by atoms with van der Waals surface area (Å²) in [4.78, 5) is 0. The van der Waals surface area contributed by atoms with E-state index < -0.39 is 0 Å². The van der Waals surface area contributed by atoms with Crippen molar-refractivity contribution < 1.29 is 0 Å². The van der Waals surface area contributed by atoms with Crippen molar-refractivity contribution in [1.29, 1.82) is 0 Å². The summed E-state index contributed by atoms with van der Waals surface area (Å²) in [5.74, 6) is 0. The van der Waals surface area contributed by atoms with Gasteiger partial charge in [0.05, 0.1) is 0 Å². The van der Waals surface area contributed by atoms with E-state index in [1.165, 1.54) is 11.1 Å². The Hall–Kier alpha value is -1.08. The van der Waals surface area contributed by atoms with Crippen LogP contribution in [0.4, 0.5) is 0 Å². The first kappa shape index (κ1) is 7.56. The molecular formula is C11H11S+. The molecule has 1 unspecified atom stereocenters. The predicted molar refractivity (Wildman–Crippen MR) is 55.3 cm³/mol. The van der Waals surface area contributed by atoms with Crippen LogP contribution in [-0.2, 0) is 6.26 Å². The molecule has 2 rings (SSSR count). The first-order valence-electron chi connectivity index (χ1n) is 3.95. The van der Waals surface area contributed by atoms with Gasteiger partial charge in [0.1, 0.15) is 17.0 Å². The summed E-state index contributed by atoms with van der Waals surface area (Å²) in [7, 11) is 0.354. The van der Waals surface area contributed by atoms with E-state index in [0.717, 1.165) is 0 Å². The number of aryl methyl sites for hydroxylation is 1. The van der Waals surface area contributed by atoms with Crippen molar-refractivity contribution in [3.05, 3.63) is 47.2 Å². The van der Waals surface area contributed by atoms with Crippen molar-refractivity contribution in [2.75, 3.05) is 0 Å². The van der Waals surface area contributed by atoms with E-state index in [1.54, 1.807) is 0 Å². The lowest BCUT2D eigenvalue weighted by Crippen LogP contribution is -1.69. The summed E-state index contributed by atoms with van der Waals surface area (Å²) in [5, 5.41) is 4.57. The van der Waals surface area contributed by atoms with Gasteiger partial charge in [-0.1, -0.05) is 30.3 Å². The summed E-state index contributed by atoms with van der Waals surface area (Å²) in [6.45, 7) is 0. The molecule has 0 aliphatic rings. The Morgan fingerprint density at radius 3 is 2.25 bits per heavy atom. The maximum absolute atomic E-state index is 2.31. The highest BCUT2D eigenvalue weighted by molar-refractivity contribution is 7.26. The van der Waals surface area contributed by atoms with Gasteiger partial charge >= 0.3 is 0 Å². The Balaban J connectivity index is 2.45. The monoisotopic (exact) mass is 175 g/mol. The van der Waals surface area contributed by atoms with Crippen molar-refractivity contribution in [1.82, 2.24) is 0 Å². The molecule has 1 heterocycles. The Bertz CT molecular complexity index is 360. The molecule has 1 aromatic heterocycles. The highest BCUT2D eigenvalue weighted by Crippen LogP contribution is 2.26. The lowest BCUT2D eigenvalue weighted by atomic mass is 10.1. The fourth-order valence-corrected chi connectivity index (χ4v) is 2.31. The van der Waals surface area contributed by atoms with E-state index in [-0.39, 0.29) is 0 Å². The molecular weight excluding hydrogens is 164 g/mol. The van der Waals surface area contributed by atoms with Crippen molar-refractivity contribution in [3.8, 4) is 11.1 Å². The van der Waals surface area contributed by atoms with Gasteiger partial charge in [-0.3, -0.25) is 0 Å². The minimum absolute atomic E-state index is 0.354. The number of benzene rings is 1. The molecule has 1 atom stereocenters. The maximum Gasteiger partial charge on any atom is 0.145 e. The van der Waals surface area contributed by atoms with E-state index >= 15 is 0 Å². The standard InChI is InChI=1S/C11H11S/c1-12-8-7-11(9-12)10-5-3-2-4-6-10/h2-9H,1H3/q+1. The normalized spacial score (nSPS) is 11.6. The first-order chi connectivity index (χ1) is 5.86. The molecule has 1 aromatic carbocycles. The quantitative estimate of drug-likeness (QED) is 0.580. The van der Waals surface area contributed by atoms with E-state index in [4.69, 9.17) is 0 Å². The van der Waals surface area contributed by atoms with Crippen LogP contribution >= 0.6 is 10.5 Å². The molecule has 0 saturated heterocycles. The van der Waals surface area contributed by atoms with Crippen LogP contribution in [-0.4, -0.2) is 0 Å². The zero-order valence-corrected chi connectivity index (χ0v) is 7.84. The number of rotatable bonds is 1. The van der Waals surface area contributed by atoms with Gasteiger partial charge in [-0.2, -0.15) is 0 Å². The SMILES string of the molecule is C[s+]1ccc(-c2ccccc2)c1. The molecule has 60 valence electrons. The zero-order valence-electron chi connectivity index (χ0n) is 7.03. The van der Waals surface area contributed by atoms with Gasteiger partial charge in [-0.05, 0) is 16.0 Å². The summed E-state index contributed by atoms with van der Waals surface area (Å²) in [6.07, 6.45) is 2.23. The predicted octanol–water partition coefficient (Wildman–Crippen LogP) is 3.64.